The number of hydrogen-bond donors (Lipinski definition) is 1. The van der Waals surface area contributed by atoms with Crippen molar-refractivity contribution in [2.24, 2.45) is 0 Å². The van der Waals surface area contributed by atoms with Crippen LogP contribution in [0.5, 0.6) is 5.88 Å². The maximum atomic E-state index is 10.5. The number of Topliss-reactive ketones (excluding diaryl/α,β-unsaturated/α-hetero) is 1. The van der Waals surface area contributed by atoms with Gasteiger partial charge in [0.1, 0.15) is 5.78 Å². The van der Waals surface area contributed by atoms with E-state index in [1.807, 2.05) is 18.3 Å². The Hall–Kier alpha value is -1.55. The van der Waals surface area contributed by atoms with Gasteiger partial charge in [-0.1, -0.05) is 12.2 Å². The van der Waals surface area contributed by atoms with Crippen molar-refractivity contribution in [3.63, 3.8) is 0 Å². The minimum Gasteiger partial charge on any atom is -0.542 e. The highest BCUT2D eigenvalue weighted by Gasteiger charge is 1.91. The van der Waals surface area contributed by atoms with E-state index in [9.17, 15) is 4.79 Å². The number of hydrogen-bond acceptors (Lipinski definition) is 2. The van der Waals surface area contributed by atoms with Gasteiger partial charge in [0.15, 0.2) is 5.88 Å². The van der Waals surface area contributed by atoms with E-state index in [0.717, 1.165) is 16.4 Å². The highest BCUT2D eigenvalue weighted by atomic mass is 28.2. The summed E-state index contributed by atoms with van der Waals surface area (Å²) in [7, 11) is 0.761. The molecule has 0 aliphatic rings. The van der Waals surface area contributed by atoms with Gasteiger partial charge in [0.25, 0.3) is 0 Å². The van der Waals surface area contributed by atoms with Gasteiger partial charge in [0, 0.05) is 19.0 Å². The second kappa shape index (κ2) is 9.02. The summed E-state index contributed by atoms with van der Waals surface area (Å²) in [5.74, 6) is 1.04. The fourth-order valence-corrected chi connectivity index (χ4v) is 1.10. The summed E-state index contributed by atoms with van der Waals surface area (Å²) in [6.45, 7) is 6.86. The monoisotopic (exact) mass is 223 g/mol. The van der Waals surface area contributed by atoms with Crippen molar-refractivity contribution in [2.45, 2.75) is 12.8 Å². The van der Waals surface area contributed by atoms with Gasteiger partial charge in [0.2, 0.25) is 10.5 Å². The quantitative estimate of drug-likeness (QED) is 0.605. The molecule has 0 atom stereocenters. The van der Waals surface area contributed by atoms with E-state index in [1.54, 1.807) is 12.2 Å². The molecule has 82 valence electrons. The SMILES string of the molecule is C=CCC(=O)CC=C.[SiH3]Oc1ccc[nH]1. The number of carbonyl (C=O) groups is 1. The smallest absolute Gasteiger partial charge is 0.206 e. The molecule has 1 rings (SSSR count). The Bertz CT molecular complexity index is 282. The number of aromatic amines is 1. The normalized spacial score (nSPS) is 8.53. The van der Waals surface area contributed by atoms with E-state index in [0.29, 0.717) is 12.8 Å². The topological polar surface area (TPSA) is 42.1 Å². The van der Waals surface area contributed by atoms with Crippen molar-refractivity contribution < 1.29 is 9.22 Å². The standard InChI is InChI=1S/C7H10O.C4H7NOSi/c1-3-5-7(8)6-4-2;7-6-4-2-1-3-5-4/h3-4H,1-2,5-6H2;1-3,5H,7H3. The van der Waals surface area contributed by atoms with Crippen LogP contribution in [0.3, 0.4) is 0 Å². The molecule has 0 aromatic carbocycles. The van der Waals surface area contributed by atoms with Crippen LogP contribution in [-0.4, -0.2) is 21.3 Å². The number of allylic oxidation sites excluding steroid dienone is 2. The van der Waals surface area contributed by atoms with Crippen molar-refractivity contribution in [3.8, 4) is 5.88 Å². The van der Waals surface area contributed by atoms with Crippen LogP contribution in [0.1, 0.15) is 12.8 Å². The Morgan fingerprint density at radius 1 is 1.47 bits per heavy atom. The molecule has 0 aliphatic heterocycles. The average molecular weight is 223 g/mol. The number of carbonyl (C=O) groups excluding carboxylic acids is 1. The van der Waals surface area contributed by atoms with Crippen molar-refractivity contribution in [3.05, 3.63) is 43.6 Å². The zero-order chi connectivity index (χ0) is 11.5. The summed E-state index contributed by atoms with van der Waals surface area (Å²) in [5.41, 5.74) is 0. The molecule has 0 unspecified atom stereocenters. The van der Waals surface area contributed by atoms with Gasteiger partial charge >= 0.3 is 0 Å². The lowest BCUT2D eigenvalue weighted by Crippen LogP contribution is -1.90. The van der Waals surface area contributed by atoms with Crippen LogP contribution in [0.25, 0.3) is 0 Å². The van der Waals surface area contributed by atoms with Crippen LogP contribution in [-0.2, 0) is 4.79 Å². The average Bonchev–Trinajstić information content (AvgIpc) is 2.72. The van der Waals surface area contributed by atoms with Crippen molar-refractivity contribution in [1.29, 1.82) is 0 Å². The first kappa shape index (κ1) is 13.4. The number of nitrogens with one attached hydrogen (secondary N) is 1. The molecule has 4 heteroatoms. The molecule has 0 aliphatic carbocycles. The molecule has 1 aromatic rings. The van der Waals surface area contributed by atoms with E-state index in [4.69, 9.17) is 4.43 Å². The van der Waals surface area contributed by atoms with Gasteiger partial charge in [-0.15, -0.1) is 13.2 Å². The van der Waals surface area contributed by atoms with Crippen LogP contribution in [0.4, 0.5) is 0 Å². The molecule has 1 heterocycles. The predicted molar refractivity (Wildman–Crippen MR) is 66.0 cm³/mol. The molecule has 1 N–H and O–H groups in total. The van der Waals surface area contributed by atoms with Crippen molar-refractivity contribution in [1.82, 2.24) is 4.98 Å². The summed E-state index contributed by atoms with van der Waals surface area (Å²) in [5, 5.41) is 0. The number of ketones is 1. The van der Waals surface area contributed by atoms with E-state index in [1.165, 1.54) is 0 Å². The molecule has 0 amide bonds. The summed E-state index contributed by atoms with van der Waals surface area (Å²) < 4.78 is 4.94. The van der Waals surface area contributed by atoms with Gasteiger partial charge in [-0.25, -0.2) is 0 Å². The molecule has 0 spiro atoms. The van der Waals surface area contributed by atoms with Crippen molar-refractivity contribution >= 4 is 16.3 Å². The zero-order valence-corrected chi connectivity index (χ0v) is 11.0. The lowest BCUT2D eigenvalue weighted by Gasteiger charge is -1.89. The van der Waals surface area contributed by atoms with Gasteiger partial charge in [-0.3, -0.25) is 4.79 Å². The van der Waals surface area contributed by atoms with Crippen LogP contribution < -0.4 is 4.43 Å². The maximum absolute atomic E-state index is 10.5. The first-order valence-electron chi connectivity index (χ1n) is 4.65. The van der Waals surface area contributed by atoms with E-state index >= 15 is 0 Å². The number of H-pyrrole nitrogens is 1. The molecule has 3 nitrogen and oxygen atoms in total. The third kappa shape index (κ3) is 7.51. The van der Waals surface area contributed by atoms with E-state index < -0.39 is 0 Å². The van der Waals surface area contributed by atoms with Gasteiger partial charge < -0.3 is 9.41 Å². The van der Waals surface area contributed by atoms with Gasteiger partial charge in [-0.05, 0) is 12.1 Å². The minimum absolute atomic E-state index is 0.176. The Balaban J connectivity index is 0.000000262. The highest BCUT2D eigenvalue weighted by molar-refractivity contribution is 5.99. The number of rotatable bonds is 5. The third-order valence-corrected chi connectivity index (χ3v) is 1.97. The van der Waals surface area contributed by atoms with Crippen molar-refractivity contribution in [2.75, 3.05) is 0 Å². The van der Waals surface area contributed by atoms with Crippen LogP contribution in [0.2, 0.25) is 0 Å². The minimum atomic E-state index is 0.176. The van der Waals surface area contributed by atoms with Gasteiger partial charge in [0.05, 0.1) is 0 Å². The largest absolute Gasteiger partial charge is 0.542 e. The lowest BCUT2D eigenvalue weighted by atomic mass is 10.2. The van der Waals surface area contributed by atoms with Gasteiger partial charge in [-0.2, -0.15) is 0 Å². The summed E-state index contributed by atoms with van der Waals surface area (Å²) in [6, 6.07) is 3.81. The Morgan fingerprint density at radius 3 is 2.33 bits per heavy atom. The summed E-state index contributed by atoms with van der Waals surface area (Å²) in [4.78, 5) is 13.4. The lowest BCUT2D eigenvalue weighted by molar-refractivity contribution is -0.117. The third-order valence-electron chi connectivity index (χ3n) is 1.53. The highest BCUT2D eigenvalue weighted by Crippen LogP contribution is 2.00. The maximum Gasteiger partial charge on any atom is 0.206 e. The molecule has 15 heavy (non-hydrogen) atoms. The fraction of sp³-hybridized carbons (Fsp3) is 0.182. The molecular weight excluding hydrogens is 206 g/mol. The second-order valence-corrected chi connectivity index (χ2v) is 3.17. The summed E-state index contributed by atoms with van der Waals surface area (Å²) >= 11 is 0. The first-order valence-corrected chi connectivity index (χ1v) is 5.47. The molecule has 1 aromatic heterocycles. The first-order chi connectivity index (χ1) is 7.24. The Morgan fingerprint density at radius 2 is 2.07 bits per heavy atom. The summed E-state index contributed by atoms with van der Waals surface area (Å²) in [6.07, 6.45) is 5.98. The second-order valence-electron chi connectivity index (χ2n) is 2.76. The Labute approximate surface area is 93.4 Å². The molecule has 0 fully saturated rings. The fourth-order valence-electron chi connectivity index (χ4n) is 0.846. The van der Waals surface area contributed by atoms with Crippen LogP contribution in [0.15, 0.2) is 43.6 Å². The number of aromatic nitrogens is 1. The zero-order valence-electron chi connectivity index (χ0n) is 9.03. The molecule has 0 saturated carbocycles. The van der Waals surface area contributed by atoms with Crippen LogP contribution >= 0.6 is 0 Å². The van der Waals surface area contributed by atoms with Crippen LogP contribution in [0, 0.1) is 0 Å². The van der Waals surface area contributed by atoms with E-state index in [-0.39, 0.29) is 5.78 Å². The van der Waals surface area contributed by atoms with E-state index in [2.05, 4.69) is 18.1 Å². The predicted octanol–water partition coefficient (Wildman–Crippen LogP) is 1.38. The molecular formula is C11H17NO2Si. The molecule has 0 saturated heterocycles. The molecule has 0 radical (unpaired) electrons. The Kier molecular flexibility index (Phi) is 8.09. The molecule has 0 bridgehead atoms.